The summed E-state index contributed by atoms with van der Waals surface area (Å²) in [5.41, 5.74) is -0.567. The van der Waals surface area contributed by atoms with Crippen molar-refractivity contribution in [2.45, 2.75) is 26.3 Å². The fraction of sp³-hybridized carbons (Fsp3) is 0.400. The summed E-state index contributed by atoms with van der Waals surface area (Å²) in [6, 6.07) is 9.02. The first kappa shape index (κ1) is 17.4. The summed E-state index contributed by atoms with van der Waals surface area (Å²) in [5.74, 6) is -1.11. The Morgan fingerprint density at radius 3 is 2.57 bits per heavy atom. The van der Waals surface area contributed by atoms with Crippen LogP contribution in [0.15, 0.2) is 24.3 Å². The second-order valence-electron chi connectivity index (χ2n) is 5.07. The van der Waals surface area contributed by atoms with Crippen LogP contribution in [0, 0.1) is 20.8 Å². The van der Waals surface area contributed by atoms with E-state index >= 15 is 0 Å². The minimum Gasteiger partial charge on any atom is -0.452 e. The van der Waals surface area contributed by atoms with Gasteiger partial charge in [0.1, 0.15) is 5.54 Å². The number of hydrogen-bond acceptors (Lipinski definition) is 4. The van der Waals surface area contributed by atoms with E-state index in [4.69, 9.17) is 10.00 Å². The smallest absolute Gasteiger partial charge is 0.339 e. The Kier molecular flexibility index (Phi) is 6.15. The lowest BCUT2D eigenvalue weighted by Crippen LogP contribution is -2.50. The van der Waals surface area contributed by atoms with Gasteiger partial charge in [-0.1, -0.05) is 26.0 Å². The van der Waals surface area contributed by atoms with Gasteiger partial charge in [0.15, 0.2) is 6.61 Å². The van der Waals surface area contributed by atoms with Crippen molar-refractivity contribution in [3.8, 4) is 6.07 Å². The molecule has 0 aromatic heterocycles. The summed E-state index contributed by atoms with van der Waals surface area (Å²) in [6.07, 6.45) is 0. The number of hydrogen-bond donors (Lipinski definition) is 1. The van der Waals surface area contributed by atoms with Crippen LogP contribution in [-0.2, 0) is 9.53 Å². The first-order valence-corrected chi connectivity index (χ1v) is 7.52. The Labute approximate surface area is 137 Å². The first-order valence-electron chi connectivity index (χ1n) is 6.44. The lowest BCUT2D eigenvalue weighted by molar-refractivity contribution is -0.125. The van der Waals surface area contributed by atoms with Gasteiger partial charge in [-0.3, -0.25) is 4.79 Å². The predicted octanol–water partition coefficient (Wildman–Crippen LogP) is 2.50. The van der Waals surface area contributed by atoms with E-state index in [2.05, 4.69) is 11.4 Å². The van der Waals surface area contributed by atoms with E-state index in [1.165, 1.54) is 0 Å². The zero-order valence-electron chi connectivity index (χ0n) is 12.1. The maximum Gasteiger partial charge on any atom is 0.339 e. The molecule has 0 radical (unpaired) electrons. The summed E-state index contributed by atoms with van der Waals surface area (Å²) in [5, 5.41) is 11.7. The number of ether oxygens (including phenoxy) is 1. The number of amides is 1. The van der Waals surface area contributed by atoms with Gasteiger partial charge in [-0.15, -0.1) is 0 Å². The number of halogens is 1. The van der Waals surface area contributed by atoms with Gasteiger partial charge in [0.05, 0.1) is 11.6 Å². The zero-order chi connectivity index (χ0) is 16.0. The van der Waals surface area contributed by atoms with Crippen molar-refractivity contribution in [3.63, 3.8) is 0 Å². The van der Waals surface area contributed by atoms with E-state index in [1.54, 1.807) is 25.1 Å². The van der Waals surface area contributed by atoms with Gasteiger partial charge in [0, 0.05) is 3.57 Å². The van der Waals surface area contributed by atoms with Crippen molar-refractivity contribution in [2.24, 2.45) is 5.92 Å². The maximum absolute atomic E-state index is 11.9. The van der Waals surface area contributed by atoms with Crippen LogP contribution in [0.4, 0.5) is 0 Å². The number of carbonyl (C=O) groups is 2. The molecule has 0 aliphatic heterocycles. The third kappa shape index (κ3) is 4.70. The van der Waals surface area contributed by atoms with Gasteiger partial charge in [-0.05, 0) is 47.6 Å². The lowest BCUT2D eigenvalue weighted by Gasteiger charge is -2.27. The van der Waals surface area contributed by atoms with Crippen LogP contribution >= 0.6 is 22.6 Å². The maximum atomic E-state index is 11.9. The Morgan fingerprint density at radius 1 is 1.43 bits per heavy atom. The molecular weight excluding hydrogens is 383 g/mol. The highest BCUT2D eigenvalue weighted by Crippen LogP contribution is 2.15. The normalized spacial score (nSPS) is 13.1. The second-order valence-corrected chi connectivity index (χ2v) is 6.24. The molecule has 21 heavy (non-hydrogen) atoms. The lowest BCUT2D eigenvalue weighted by atomic mass is 9.90. The molecule has 0 unspecified atom stereocenters. The third-order valence-corrected chi connectivity index (χ3v) is 4.15. The van der Waals surface area contributed by atoms with E-state index in [9.17, 15) is 9.59 Å². The topological polar surface area (TPSA) is 79.2 Å². The molecule has 1 atom stereocenters. The largest absolute Gasteiger partial charge is 0.452 e. The molecule has 0 fully saturated rings. The highest BCUT2D eigenvalue weighted by atomic mass is 127. The highest BCUT2D eigenvalue weighted by molar-refractivity contribution is 14.1. The molecule has 0 saturated carbocycles. The first-order chi connectivity index (χ1) is 9.80. The summed E-state index contributed by atoms with van der Waals surface area (Å²) < 4.78 is 5.73. The van der Waals surface area contributed by atoms with E-state index in [0.29, 0.717) is 5.56 Å². The molecule has 0 aliphatic rings. The minimum atomic E-state index is -0.981. The Balaban J connectivity index is 2.60. The molecular formula is C15H17IN2O3. The molecule has 1 amide bonds. The van der Waals surface area contributed by atoms with Crippen LogP contribution in [-0.4, -0.2) is 24.0 Å². The van der Waals surface area contributed by atoms with Crippen LogP contribution in [0.25, 0.3) is 0 Å². The molecule has 1 N–H and O–H groups in total. The molecule has 0 bridgehead atoms. The SMILES string of the molecule is CC(C)[C@@](C)(C#N)NC(=O)COC(=O)c1ccccc1I. The van der Waals surface area contributed by atoms with Crippen LogP contribution in [0.2, 0.25) is 0 Å². The predicted molar refractivity (Wildman–Crippen MR) is 86.4 cm³/mol. The molecule has 112 valence electrons. The van der Waals surface area contributed by atoms with Gasteiger partial charge >= 0.3 is 5.97 Å². The second kappa shape index (κ2) is 7.41. The monoisotopic (exact) mass is 400 g/mol. The van der Waals surface area contributed by atoms with Crippen molar-refractivity contribution in [3.05, 3.63) is 33.4 Å². The highest BCUT2D eigenvalue weighted by Gasteiger charge is 2.30. The molecule has 0 aliphatic carbocycles. The Hall–Kier alpha value is -1.62. The molecule has 1 aromatic carbocycles. The Morgan fingerprint density at radius 2 is 2.05 bits per heavy atom. The van der Waals surface area contributed by atoms with Crippen molar-refractivity contribution in [1.29, 1.82) is 5.26 Å². The fourth-order valence-corrected chi connectivity index (χ4v) is 2.07. The standard InChI is InChI=1S/C15H17IN2O3/c1-10(2)15(3,9-17)18-13(19)8-21-14(20)11-6-4-5-7-12(11)16/h4-7,10H,8H2,1-3H3,(H,18,19)/t15-/m1/s1. The van der Waals surface area contributed by atoms with Gasteiger partial charge in [0.25, 0.3) is 5.91 Å². The van der Waals surface area contributed by atoms with E-state index in [1.807, 2.05) is 42.5 Å². The van der Waals surface area contributed by atoms with Crippen molar-refractivity contribution < 1.29 is 14.3 Å². The molecule has 6 heteroatoms. The molecule has 0 heterocycles. The van der Waals surface area contributed by atoms with E-state index in [0.717, 1.165) is 3.57 Å². The fourth-order valence-electron chi connectivity index (χ4n) is 1.46. The van der Waals surface area contributed by atoms with E-state index in [-0.39, 0.29) is 5.92 Å². The number of esters is 1. The number of rotatable bonds is 5. The van der Waals surface area contributed by atoms with Crippen LogP contribution < -0.4 is 5.32 Å². The summed E-state index contributed by atoms with van der Waals surface area (Å²) >= 11 is 2.02. The molecule has 0 saturated heterocycles. The van der Waals surface area contributed by atoms with Crippen LogP contribution in [0.3, 0.4) is 0 Å². The molecule has 1 rings (SSSR count). The number of nitrogens with one attached hydrogen (secondary N) is 1. The van der Waals surface area contributed by atoms with Gasteiger partial charge in [-0.25, -0.2) is 4.79 Å². The Bertz CT molecular complexity index is 581. The van der Waals surface area contributed by atoms with Gasteiger partial charge in [0.2, 0.25) is 0 Å². The summed E-state index contributed by atoms with van der Waals surface area (Å²) in [6.45, 7) is 4.90. The summed E-state index contributed by atoms with van der Waals surface area (Å²) in [7, 11) is 0. The third-order valence-electron chi connectivity index (χ3n) is 3.21. The van der Waals surface area contributed by atoms with Crippen molar-refractivity contribution in [1.82, 2.24) is 5.32 Å². The zero-order valence-corrected chi connectivity index (χ0v) is 14.3. The van der Waals surface area contributed by atoms with Crippen molar-refractivity contribution in [2.75, 3.05) is 6.61 Å². The van der Waals surface area contributed by atoms with Gasteiger partial charge < -0.3 is 10.1 Å². The van der Waals surface area contributed by atoms with Crippen LogP contribution in [0.1, 0.15) is 31.1 Å². The van der Waals surface area contributed by atoms with Crippen LogP contribution in [0.5, 0.6) is 0 Å². The number of benzene rings is 1. The molecule has 0 spiro atoms. The number of nitriles is 1. The summed E-state index contributed by atoms with van der Waals surface area (Å²) in [4.78, 5) is 23.7. The average Bonchev–Trinajstić information content (AvgIpc) is 2.44. The number of carbonyl (C=O) groups excluding carboxylic acids is 2. The quantitative estimate of drug-likeness (QED) is 0.609. The average molecular weight is 400 g/mol. The molecule has 5 nitrogen and oxygen atoms in total. The minimum absolute atomic E-state index is 0.0581. The van der Waals surface area contributed by atoms with E-state index < -0.39 is 24.0 Å². The van der Waals surface area contributed by atoms with Gasteiger partial charge in [-0.2, -0.15) is 5.26 Å². The van der Waals surface area contributed by atoms with Crippen molar-refractivity contribution >= 4 is 34.5 Å². The number of nitrogens with zero attached hydrogens (tertiary/aromatic N) is 1. The molecule has 1 aromatic rings.